The Morgan fingerprint density at radius 3 is 1.65 bits per heavy atom. The number of allylic oxidation sites excluding steroid dienone is 4. The Labute approximate surface area is 159 Å². The van der Waals surface area contributed by atoms with Crippen molar-refractivity contribution < 1.29 is 0 Å². The van der Waals surface area contributed by atoms with E-state index < -0.39 is 0 Å². The van der Waals surface area contributed by atoms with Crippen LogP contribution in [0.25, 0.3) is 0 Å². The Balaban J connectivity index is 2.11. The van der Waals surface area contributed by atoms with Crippen molar-refractivity contribution in [3.05, 3.63) is 93.6 Å². The molecule has 26 heavy (non-hydrogen) atoms. The third-order valence-corrected chi connectivity index (χ3v) is 5.67. The number of aryl methyl sites for hydroxylation is 4. The molecular formula is C26H32. The fourth-order valence-corrected chi connectivity index (χ4v) is 4.34. The van der Waals surface area contributed by atoms with E-state index in [9.17, 15) is 0 Å². The molecule has 0 fully saturated rings. The average molecular weight is 345 g/mol. The van der Waals surface area contributed by atoms with Crippen LogP contribution in [0.15, 0.2) is 60.2 Å². The summed E-state index contributed by atoms with van der Waals surface area (Å²) in [5.74, 6) is 1.45. The van der Waals surface area contributed by atoms with Gasteiger partial charge in [-0.15, -0.1) is 0 Å². The molecule has 1 aliphatic rings. The maximum absolute atomic E-state index is 2.51. The van der Waals surface area contributed by atoms with Crippen molar-refractivity contribution in [1.82, 2.24) is 0 Å². The monoisotopic (exact) mass is 344 g/mol. The maximum Gasteiger partial charge on any atom is 0.0187 e. The standard InChI is InChI=1S/C26H32/c1-7-21(6)22-8-9-23(16-22)26(24-12-17(2)10-18(3)13-24)25-14-19(4)11-20(5)15-25/h8-16,21,23,26H,7H2,1-6H3. The Morgan fingerprint density at radius 2 is 1.23 bits per heavy atom. The van der Waals surface area contributed by atoms with E-state index in [4.69, 9.17) is 0 Å². The van der Waals surface area contributed by atoms with E-state index in [0.29, 0.717) is 17.8 Å². The highest BCUT2D eigenvalue weighted by Crippen LogP contribution is 2.39. The third kappa shape index (κ3) is 4.01. The molecule has 0 amide bonds. The van der Waals surface area contributed by atoms with Gasteiger partial charge in [0.1, 0.15) is 0 Å². The molecule has 2 aromatic carbocycles. The lowest BCUT2D eigenvalue weighted by Crippen LogP contribution is -2.11. The van der Waals surface area contributed by atoms with Gasteiger partial charge in [0.25, 0.3) is 0 Å². The first kappa shape index (κ1) is 18.7. The van der Waals surface area contributed by atoms with Gasteiger partial charge in [-0.1, -0.05) is 90.7 Å². The van der Waals surface area contributed by atoms with Crippen LogP contribution in [-0.2, 0) is 0 Å². The van der Waals surface area contributed by atoms with Gasteiger partial charge in [-0.3, -0.25) is 0 Å². The SMILES string of the molecule is CCC(C)C1=CC(C(c2cc(C)cc(C)c2)c2cc(C)cc(C)c2)C=C1. The van der Waals surface area contributed by atoms with Gasteiger partial charge in [-0.2, -0.15) is 0 Å². The first-order chi connectivity index (χ1) is 12.4. The number of benzene rings is 2. The highest BCUT2D eigenvalue weighted by molar-refractivity contribution is 5.45. The summed E-state index contributed by atoms with van der Waals surface area (Å²) in [6.45, 7) is 13.4. The van der Waals surface area contributed by atoms with Crippen LogP contribution in [0.1, 0.15) is 59.6 Å². The minimum atomic E-state index is 0.380. The Morgan fingerprint density at radius 1 is 0.769 bits per heavy atom. The molecule has 3 rings (SSSR count). The van der Waals surface area contributed by atoms with Gasteiger partial charge >= 0.3 is 0 Å². The molecule has 0 aliphatic heterocycles. The first-order valence-electron chi connectivity index (χ1n) is 9.93. The van der Waals surface area contributed by atoms with Crippen LogP contribution in [0.2, 0.25) is 0 Å². The van der Waals surface area contributed by atoms with Crippen LogP contribution in [0.4, 0.5) is 0 Å². The van der Waals surface area contributed by atoms with Gasteiger partial charge in [-0.25, -0.2) is 0 Å². The Bertz CT molecular complexity index is 758. The first-order valence-corrected chi connectivity index (χ1v) is 9.93. The summed E-state index contributed by atoms with van der Waals surface area (Å²) >= 11 is 0. The number of hydrogen-bond acceptors (Lipinski definition) is 0. The van der Waals surface area contributed by atoms with Crippen molar-refractivity contribution in [2.75, 3.05) is 0 Å². The number of hydrogen-bond donors (Lipinski definition) is 0. The molecule has 0 saturated heterocycles. The molecule has 136 valence electrons. The fourth-order valence-electron chi connectivity index (χ4n) is 4.34. The Hall–Kier alpha value is -2.08. The molecule has 0 radical (unpaired) electrons. The average Bonchev–Trinajstić information content (AvgIpc) is 3.02. The predicted molar refractivity (Wildman–Crippen MR) is 114 cm³/mol. The van der Waals surface area contributed by atoms with Crippen molar-refractivity contribution >= 4 is 0 Å². The zero-order chi connectivity index (χ0) is 18.8. The minimum Gasteiger partial charge on any atom is -0.0764 e. The molecule has 1 aliphatic carbocycles. The largest absolute Gasteiger partial charge is 0.0764 e. The summed E-state index contributed by atoms with van der Waals surface area (Å²) in [6.07, 6.45) is 8.48. The third-order valence-electron chi connectivity index (χ3n) is 5.67. The lowest BCUT2D eigenvalue weighted by atomic mass is 9.79. The van der Waals surface area contributed by atoms with Crippen molar-refractivity contribution in [3.63, 3.8) is 0 Å². The van der Waals surface area contributed by atoms with Gasteiger partial charge in [0.2, 0.25) is 0 Å². The lowest BCUT2D eigenvalue weighted by molar-refractivity contribution is 0.653. The van der Waals surface area contributed by atoms with Gasteiger partial charge in [0.05, 0.1) is 0 Å². The smallest absolute Gasteiger partial charge is 0.0187 e. The van der Waals surface area contributed by atoms with Crippen LogP contribution in [0, 0.1) is 39.5 Å². The quantitative estimate of drug-likeness (QED) is 0.537. The van der Waals surface area contributed by atoms with E-state index in [1.165, 1.54) is 45.4 Å². The fraction of sp³-hybridized carbons (Fsp3) is 0.385. The molecule has 0 heteroatoms. The van der Waals surface area contributed by atoms with Gasteiger partial charge in [0.15, 0.2) is 0 Å². The highest BCUT2D eigenvalue weighted by atomic mass is 14.3. The van der Waals surface area contributed by atoms with Crippen LogP contribution in [0.5, 0.6) is 0 Å². The molecular weight excluding hydrogens is 312 g/mol. The summed E-state index contributed by atoms with van der Waals surface area (Å²) in [5.41, 5.74) is 9.76. The van der Waals surface area contributed by atoms with E-state index in [-0.39, 0.29) is 0 Å². The zero-order valence-corrected chi connectivity index (χ0v) is 17.1. The van der Waals surface area contributed by atoms with Crippen molar-refractivity contribution in [1.29, 1.82) is 0 Å². The number of rotatable bonds is 5. The summed E-state index contributed by atoms with van der Waals surface area (Å²) in [4.78, 5) is 0. The van der Waals surface area contributed by atoms with Crippen molar-refractivity contribution in [2.24, 2.45) is 11.8 Å². The molecule has 0 N–H and O–H groups in total. The van der Waals surface area contributed by atoms with Gasteiger partial charge in [0, 0.05) is 11.8 Å². The molecule has 0 nitrogen and oxygen atoms in total. The molecule has 0 spiro atoms. The minimum absolute atomic E-state index is 0.380. The predicted octanol–water partition coefficient (Wildman–Crippen LogP) is 7.21. The topological polar surface area (TPSA) is 0 Å². The second-order valence-electron chi connectivity index (χ2n) is 8.23. The van der Waals surface area contributed by atoms with Gasteiger partial charge < -0.3 is 0 Å². The normalized spacial score (nSPS) is 17.7. The summed E-state index contributed by atoms with van der Waals surface area (Å²) in [6, 6.07) is 14.0. The van der Waals surface area contributed by atoms with Crippen molar-refractivity contribution in [2.45, 2.75) is 53.9 Å². The van der Waals surface area contributed by atoms with Crippen LogP contribution in [0.3, 0.4) is 0 Å². The van der Waals surface area contributed by atoms with E-state index in [1.54, 1.807) is 0 Å². The second-order valence-corrected chi connectivity index (χ2v) is 8.23. The van der Waals surface area contributed by atoms with E-state index in [2.05, 4.69) is 96.2 Å². The molecule has 2 atom stereocenters. The maximum atomic E-state index is 2.51. The van der Waals surface area contributed by atoms with Crippen LogP contribution in [-0.4, -0.2) is 0 Å². The molecule has 0 heterocycles. The van der Waals surface area contributed by atoms with Crippen LogP contribution >= 0.6 is 0 Å². The van der Waals surface area contributed by atoms with E-state index >= 15 is 0 Å². The second kappa shape index (κ2) is 7.66. The molecule has 0 aromatic heterocycles. The Kier molecular flexibility index (Phi) is 5.51. The zero-order valence-electron chi connectivity index (χ0n) is 17.1. The highest BCUT2D eigenvalue weighted by Gasteiger charge is 2.26. The van der Waals surface area contributed by atoms with Crippen molar-refractivity contribution in [3.8, 4) is 0 Å². The van der Waals surface area contributed by atoms with Crippen LogP contribution < -0.4 is 0 Å². The molecule has 0 saturated carbocycles. The lowest BCUT2D eigenvalue weighted by Gasteiger charge is -2.24. The summed E-state index contributed by atoms with van der Waals surface area (Å²) < 4.78 is 0. The summed E-state index contributed by atoms with van der Waals surface area (Å²) in [7, 11) is 0. The molecule has 2 aromatic rings. The molecule has 2 unspecified atom stereocenters. The molecule has 0 bridgehead atoms. The van der Waals surface area contributed by atoms with E-state index in [0.717, 1.165) is 0 Å². The van der Waals surface area contributed by atoms with E-state index in [1.807, 2.05) is 0 Å². The summed E-state index contributed by atoms with van der Waals surface area (Å²) in [5, 5.41) is 0. The van der Waals surface area contributed by atoms with Gasteiger partial charge in [-0.05, 0) is 56.7 Å².